The maximum absolute atomic E-state index is 6.00. The largest absolute Gasteiger partial charge is 0.398 e. The van der Waals surface area contributed by atoms with E-state index in [1.54, 1.807) is 6.07 Å². The molecule has 0 atom stereocenters. The van der Waals surface area contributed by atoms with E-state index in [-0.39, 0.29) is 0 Å². The highest BCUT2D eigenvalue weighted by atomic mass is 79.9. The van der Waals surface area contributed by atoms with Crippen molar-refractivity contribution in [3.05, 3.63) is 63.7 Å². The van der Waals surface area contributed by atoms with Crippen LogP contribution >= 0.6 is 27.5 Å². The van der Waals surface area contributed by atoms with Gasteiger partial charge in [0.05, 0.1) is 0 Å². The molecule has 0 aliphatic rings. The summed E-state index contributed by atoms with van der Waals surface area (Å²) in [4.78, 5) is 0. The van der Waals surface area contributed by atoms with Gasteiger partial charge >= 0.3 is 0 Å². The second kappa shape index (κ2) is 4.91. The van der Waals surface area contributed by atoms with E-state index in [0.717, 1.165) is 22.3 Å². The van der Waals surface area contributed by atoms with E-state index in [2.05, 4.69) is 38.8 Å². The lowest BCUT2D eigenvalue weighted by molar-refractivity contribution is 0.839. The molecule has 3 rings (SSSR count). The first kappa shape index (κ1) is 12.6. The van der Waals surface area contributed by atoms with Gasteiger partial charge in [-0.25, -0.2) is 0 Å². The molecule has 0 spiro atoms. The highest BCUT2D eigenvalue weighted by molar-refractivity contribution is 9.10. The maximum Gasteiger partial charge on any atom is 0.0496 e. The van der Waals surface area contributed by atoms with E-state index in [1.807, 2.05) is 24.3 Å². The summed E-state index contributed by atoms with van der Waals surface area (Å²) in [7, 11) is 0. The third kappa shape index (κ3) is 2.36. The van der Waals surface area contributed by atoms with Crippen LogP contribution < -0.4 is 5.73 Å². The van der Waals surface area contributed by atoms with Crippen molar-refractivity contribution in [3.63, 3.8) is 0 Å². The molecule has 0 fully saturated rings. The first-order valence-corrected chi connectivity index (χ1v) is 7.09. The van der Waals surface area contributed by atoms with Crippen LogP contribution in [-0.2, 0) is 6.54 Å². The van der Waals surface area contributed by atoms with Crippen molar-refractivity contribution in [1.29, 1.82) is 0 Å². The van der Waals surface area contributed by atoms with Crippen LogP contribution in [0.2, 0.25) is 5.02 Å². The molecule has 4 heteroatoms. The first-order chi connectivity index (χ1) is 9.15. The quantitative estimate of drug-likeness (QED) is 0.677. The number of fused-ring (bicyclic) bond motifs is 1. The van der Waals surface area contributed by atoms with Gasteiger partial charge in [-0.3, -0.25) is 0 Å². The molecular formula is C15H12BrClN2. The lowest BCUT2D eigenvalue weighted by Gasteiger charge is -2.09. The minimum absolute atomic E-state index is 0.668. The summed E-state index contributed by atoms with van der Waals surface area (Å²) >= 11 is 9.49. The Hall–Kier alpha value is -1.45. The van der Waals surface area contributed by atoms with Crippen LogP contribution in [0.3, 0.4) is 0 Å². The van der Waals surface area contributed by atoms with Gasteiger partial charge in [-0.15, -0.1) is 0 Å². The van der Waals surface area contributed by atoms with Crippen LogP contribution in [0.15, 0.2) is 53.1 Å². The van der Waals surface area contributed by atoms with Gasteiger partial charge in [0.25, 0.3) is 0 Å². The molecule has 19 heavy (non-hydrogen) atoms. The molecule has 0 aliphatic carbocycles. The third-order valence-corrected chi connectivity index (χ3v) is 4.14. The predicted octanol–water partition coefficient (Wildman–Crippen LogP) is 4.69. The van der Waals surface area contributed by atoms with Gasteiger partial charge in [0.15, 0.2) is 0 Å². The van der Waals surface area contributed by atoms with Gasteiger partial charge in [-0.1, -0.05) is 39.7 Å². The number of nitrogens with zero attached hydrogens (tertiary/aromatic N) is 1. The Kier molecular flexibility index (Phi) is 3.25. The lowest BCUT2D eigenvalue weighted by atomic mass is 10.2. The lowest BCUT2D eigenvalue weighted by Crippen LogP contribution is -2.01. The number of halogens is 2. The molecule has 0 saturated heterocycles. The fraction of sp³-hybridized carbons (Fsp3) is 0.0667. The molecule has 1 aromatic heterocycles. The van der Waals surface area contributed by atoms with Gasteiger partial charge in [-0.2, -0.15) is 0 Å². The Bertz CT molecular complexity index is 749. The Morgan fingerprint density at radius 2 is 2.00 bits per heavy atom. The van der Waals surface area contributed by atoms with Crippen molar-refractivity contribution in [1.82, 2.24) is 4.57 Å². The van der Waals surface area contributed by atoms with Crippen molar-refractivity contribution >= 4 is 44.1 Å². The van der Waals surface area contributed by atoms with Crippen molar-refractivity contribution in [3.8, 4) is 0 Å². The standard InChI is InChI=1S/C15H12BrClN2/c16-13-2-1-3-15-12(13)6-7-19(15)9-10-4-5-11(17)8-14(10)18/h1-8H,9,18H2. The third-order valence-electron chi connectivity index (χ3n) is 3.21. The van der Waals surface area contributed by atoms with E-state index in [0.29, 0.717) is 5.02 Å². The molecule has 1 heterocycles. The maximum atomic E-state index is 6.00. The van der Waals surface area contributed by atoms with E-state index in [1.165, 1.54) is 10.9 Å². The van der Waals surface area contributed by atoms with Gasteiger partial charge in [-0.05, 0) is 35.9 Å². The minimum Gasteiger partial charge on any atom is -0.398 e. The fourth-order valence-electron chi connectivity index (χ4n) is 2.22. The first-order valence-electron chi connectivity index (χ1n) is 5.92. The van der Waals surface area contributed by atoms with E-state index >= 15 is 0 Å². The zero-order valence-electron chi connectivity index (χ0n) is 10.1. The molecule has 0 unspecified atom stereocenters. The van der Waals surface area contributed by atoms with Gasteiger partial charge in [0.2, 0.25) is 0 Å². The molecule has 0 bridgehead atoms. The van der Waals surface area contributed by atoms with Crippen LogP contribution in [0.25, 0.3) is 10.9 Å². The summed E-state index contributed by atoms with van der Waals surface area (Å²) in [5.41, 5.74) is 8.99. The summed E-state index contributed by atoms with van der Waals surface area (Å²) < 4.78 is 3.28. The molecule has 0 amide bonds. The number of nitrogens with two attached hydrogens (primary N) is 1. The molecule has 2 nitrogen and oxygen atoms in total. The highest BCUT2D eigenvalue weighted by Crippen LogP contribution is 2.26. The van der Waals surface area contributed by atoms with Crippen LogP contribution in [0, 0.1) is 0 Å². The van der Waals surface area contributed by atoms with Gasteiger partial charge in [0.1, 0.15) is 0 Å². The van der Waals surface area contributed by atoms with Crippen LogP contribution in [0.1, 0.15) is 5.56 Å². The topological polar surface area (TPSA) is 30.9 Å². The molecule has 2 N–H and O–H groups in total. The average Bonchev–Trinajstić information content (AvgIpc) is 2.78. The number of anilines is 1. The molecule has 0 radical (unpaired) electrons. The monoisotopic (exact) mass is 334 g/mol. The zero-order chi connectivity index (χ0) is 13.4. The van der Waals surface area contributed by atoms with E-state index in [4.69, 9.17) is 17.3 Å². The average molecular weight is 336 g/mol. The summed E-state index contributed by atoms with van der Waals surface area (Å²) in [6.07, 6.45) is 2.07. The number of nitrogen functional groups attached to an aromatic ring is 1. The summed E-state index contributed by atoms with van der Waals surface area (Å²) in [6, 6.07) is 13.9. The fourth-order valence-corrected chi connectivity index (χ4v) is 2.89. The smallest absolute Gasteiger partial charge is 0.0496 e. The summed E-state index contributed by atoms with van der Waals surface area (Å²) in [5, 5.41) is 1.87. The molecule has 3 aromatic rings. The summed E-state index contributed by atoms with van der Waals surface area (Å²) in [5.74, 6) is 0. The number of benzene rings is 2. The van der Waals surface area contributed by atoms with Crippen molar-refractivity contribution < 1.29 is 0 Å². The second-order valence-electron chi connectivity index (χ2n) is 4.46. The molecule has 0 saturated carbocycles. The Morgan fingerprint density at radius 1 is 1.16 bits per heavy atom. The Labute approximate surface area is 124 Å². The van der Waals surface area contributed by atoms with Crippen molar-refractivity contribution in [2.45, 2.75) is 6.54 Å². The van der Waals surface area contributed by atoms with Crippen LogP contribution in [0.4, 0.5) is 5.69 Å². The SMILES string of the molecule is Nc1cc(Cl)ccc1Cn1ccc2c(Br)cccc21. The zero-order valence-corrected chi connectivity index (χ0v) is 12.4. The normalized spacial score (nSPS) is 11.1. The van der Waals surface area contributed by atoms with E-state index in [9.17, 15) is 0 Å². The number of rotatable bonds is 2. The van der Waals surface area contributed by atoms with Gasteiger partial charge in [0, 0.05) is 38.8 Å². The number of hydrogen-bond acceptors (Lipinski definition) is 1. The Balaban J connectivity index is 2.04. The van der Waals surface area contributed by atoms with Gasteiger partial charge < -0.3 is 10.3 Å². The Morgan fingerprint density at radius 3 is 2.79 bits per heavy atom. The predicted molar refractivity (Wildman–Crippen MR) is 84.6 cm³/mol. The van der Waals surface area contributed by atoms with E-state index < -0.39 is 0 Å². The van der Waals surface area contributed by atoms with Crippen LogP contribution in [-0.4, -0.2) is 4.57 Å². The number of aromatic nitrogens is 1. The molecule has 96 valence electrons. The number of hydrogen-bond donors (Lipinski definition) is 1. The molecule has 0 aliphatic heterocycles. The highest BCUT2D eigenvalue weighted by Gasteiger charge is 2.06. The minimum atomic E-state index is 0.668. The van der Waals surface area contributed by atoms with Crippen molar-refractivity contribution in [2.24, 2.45) is 0 Å². The second-order valence-corrected chi connectivity index (χ2v) is 5.75. The molecular weight excluding hydrogens is 324 g/mol. The van der Waals surface area contributed by atoms with Crippen molar-refractivity contribution in [2.75, 3.05) is 5.73 Å². The molecule has 2 aromatic carbocycles. The van der Waals surface area contributed by atoms with Crippen LogP contribution in [0.5, 0.6) is 0 Å². The summed E-state index contributed by atoms with van der Waals surface area (Å²) in [6.45, 7) is 0.739.